The molecule has 0 saturated carbocycles. The number of carbonyl (C=O) groups excluding carboxylic acids is 2. The number of hydrogen-bond acceptors (Lipinski definition) is 9. The van der Waals surface area contributed by atoms with E-state index in [0.717, 1.165) is 13.1 Å². The van der Waals surface area contributed by atoms with E-state index in [-0.39, 0.29) is 37.4 Å². The van der Waals surface area contributed by atoms with E-state index in [1.807, 2.05) is 4.90 Å². The first-order valence-electron chi connectivity index (χ1n) is 13.2. The van der Waals surface area contributed by atoms with Crippen molar-refractivity contribution in [3.05, 3.63) is 0 Å². The summed E-state index contributed by atoms with van der Waals surface area (Å²) < 4.78 is 34.2. The standard InChI is InChI=1S/C23H40F2N8O3/c1-36-12-13-9-32(10-13)23(35)14-2-4-31(5-3-14)19-16(25)7-27-8-17(19)29-22(34)18-20(26)30-33-11-15(24)6-28-21(18)33/h13-21,27-28,30H,2-12,26H2,1H3,(H,29,34). The fraction of sp³-hybridized carbons (Fsp3) is 0.913. The summed E-state index contributed by atoms with van der Waals surface area (Å²) in [5.41, 5.74) is 9.17. The lowest BCUT2D eigenvalue weighted by Gasteiger charge is -2.46. The van der Waals surface area contributed by atoms with E-state index in [9.17, 15) is 14.0 Å². The minimum absolute atomic E-state index is 0.0391. The molecule has 7 unspecified atom stereocenters. The lowest BCUT2D eigenvalue weighted by molar-refractivity contribution is -0.145. The maximum absolute atomic E-state index is 15.2. The van der Waals surface area contributed by atoms with Crippen molar-refractivity contribution >= 4 is 11.8 Å². The molecule has 7 atom stereocenters. The predicted octanol–water partition coefficient (Wildman–Crippen LogP) is -2.41. The van der Waals surface area contributed by atoms with Crippen LogP contribution in [0.1, 0.15) is 12.8 Å². The Morgan fingerprint density at radius 3 is 2.58 bits per heavy atom. The number of amides is 2. The van der Waals surface area contributed by atoms with Gasteiger partial charge in [0.05, 0.1) is 36.9 Å². The maximum Gasteiger partial charge on any atom is 0.229 e. The second kappa shape index (κ2) is 11.1. The van der Waals surface area contributed by atoms with Crippen molar-refractivity contribution < 1.29 is 23.1 Å². The molecule has 13 heteroatoms. The van der Waals surface area contributed by atoms with Crippen molar-refractivity contribution in [2.45, 2.75) is 49.6 Å². The summed E-state index contributed by atoms with van der Waals surface area (Å²) in [7, 11) is 1.68. The van der Waals surface area contributed by atoms with Crippen molar-refractivity contribution in [2.24, 2.45) is 23.5 Å². The van der Waals surface area contributed by atoms with Gasteiger partial charge in [-0.05, 0) is 25.9 Å². The Balaban J connectivity index is 1.17. The minimum Gasteiger partial charge on any atom is -0.384 e. The van der Waals surface area contributed by atoms with Crippen molar-refractivity contribution in [3.8, 4) is 0 Å². The van der Waals surface area contributed by atoms with Gasteiger partial charge in [-0.3, -0.25) is 19.8 Å². The first-order valence-corrected chi connectivity index (χ1v) is 13.2. The molecule has 5 aliphatic rings. The second-order valence-corrected chi connectivity index (χ2v) is 10.9. The van der Waals surface area contributed by atoms with E-state index in [0.29, 0.717) is 45.0 Å². The SMILES string of the molecule is COCC1CN(C(=O)C2CCN(C3C(F)CNCC3NC(=O)C3C(N)NN4CC(F)CNC34)CC2)C1. The molecule has 5 saturated heterocycles. The number of alkyl halides is 2. The number of halogens is 2. The van der Waals surface area contributed by atoms with Crippen molar-refractivity contribution in [1.82, 2.24) is 36.2 Å². The zero-order valence-electron chi connectivity index (χ0n) is 20.9. The third-order valence-electron chi connectivity index (χ3n) is 8.41. The normalized spacial score (nSPS) is 39.0. The summed E-state index contributed by atoms with van der Waals surface area (Å²) in [6.45, 7) is 4.41. The van der Waals surface area contributed by atoms with Gasteiger partial charge in [-0.15, -0.1) is 0 Å². The molecular formula is C23H40F2N8O3. The van der Waals surface area contributed by atoms with Crippen LogP contribution in [0.3, 0.4) is 0 Å². The molecule has 5 fully saturated rings. The molecule has 11 nitrogen and oxygen atoms in total. The molecule has 5 heterocycles. The summed E-state index contributed by atoms with van der Waals surface area (Å²) >= 11 is 0. The van der Waals surface area contributed by atoms with Crippen LogP contribution < -0.4 is 27.1 Å². The average Bonchev–Trinajstić information content (AvgIpc) is 3.16. The zero-order chi connectivity index (χ0) is 25.4. The highest BCUT2D eigenvalue weighted by atomic mass is 19.1. The summed E-state index contributed by atoms with van der Waals surface area (Å²) in [6, 6.07) is -0.907. The van der Waals surface area contributed by atoms with E-state index in [1.54, 1.807) is 12.1 Å². The largest absolute Gasteiger partial charge is 0.384 e. The molecular weight excluding hydrogens is 474 g/mol. The van der Waals surface area contributed by atoms with Crippen LogP contribution in [0.15, 0.2) is 0 Å². The summed E-state index contributed by atoms with van der Waals surface area (Å²) in [5.74, 6) is -0.325. The van der Waals surface area contributed by atoms with Gasteiger partial charge in [0.25, 0.3) is 0 Å². The Kier molecular flexibility index (Phi) is 8.06. The van der Waals surface area contributed by atoms with Gasteiger partial charge in [-0.1, -0.05) is 0 Å². The number of nitrogens with two attached hydrogens (primary N) is 1. The van der Waals surface area contributed by atoms with Crippen LogP contribution in [-0.2, 0) is 14.3 Å². The van der Waals surface area contributed by atoms with Crippen LogP contribution in [0.25, 0.3) is 0 Å². The fourth-order valence-corrected chi connectivity index (χ4v) is 6.54. The molecule has 5 aliphatic heterocycles. The molecule has 0 aliphatic carbocycles. The lowest BCUT2D eigenvalue weighted by atomic mass is 9.88. The number of likely N-dealkylation sites (tertiary alicyclic amines) is 2. The molecule has 2 amide bonds. The Morgan fingerprint density at radius 1 is 1.11 bits per heavy atom. The number of fused-ring (bicyclic) bond motifs is 1. The molecule has 0 aromatic rings. The van der Waals surface area contributed by atoms with Gasteiger partial charge in [0.2, 0.25) is 11.8 Å². The highest BCUT2D eigenvalue weighted by Crippen LogP contribution is 2.28. The first-order chi connectivity index (χ1) is 17.4. The Bertz CT molecular complexity index is 797. The van der Waals surface area contributed by atoms with Gasteiger partial charge >= 0.3 is 0 Å². The van der Waals surface area contributed by atoms with Gasteiger partial charge in [0, 0.05) is 58.2 Å². The van der Waals surface area contributed by atoms with Crippen LogP contribution in [0.5, 0.6) is 0 Å². The Labute approximate surface area is 210 Å². The minimum atomic E-state index is -1.14. The molecule has 204 valence electrons. The quantitative estimate of drug-likeness (QED) is 0.263. The van der Waals surface area contributed by atoms with Crippen LogP contribution in [0.2, 0.25) is 0 Å². The summed E-state index contributed by atoms with van der Waals surface area (Å²) in [5, 5.41) is 10.8. The van der Waals surface area contributed by atoms with Crippen molar-refractivity contribution in [3.63, 3.8) is 0 Å². The Morgan fingerprint density at radius 2 is 1.86 bits per heavy atom. The molecule has 6 N–H and O–H groups in total. The summed E-state index contributed by atoms with van der Waals surface area (Å²) in [4.78, 5) is 30.2. The third kappa shape index (κ3) is 5.24. The topological polar surface area (TPSA) is 127 Å². The average molecular weight is 515 g/mol. The monoisotopic (exact) mass is 514 g/mol. The van der Waals surface area contributed by atoms with E-state index in [1.165, 1.54) is 0 Å². The number of carbonyl (C=O) groups is 2. The third-order valence-corrected chi connectivity index (χ3v) is 8.41. The predicted molar refractivity (Wildman–Crippen MR) is 128 cm³/mol. The van der Waals surface area contributed by atoms with E-state index >= 15 is 4.39 Å². The van der Waals surface area contributed by atoms with Crippen LogP contribution >= 0.6 is 0 Å². The molecule has 0 radical (unpaired) electrons. The van der Waals surface area contributed by atoms with Crippen molar-refractivity contribution in [1.29, 1.82) is 0 Å². The number of hydrogen-bond donors (Lipinski definition) is 5. The van der Waals surface area contributed by atoms with Crippen LogP contribution in [0, 0.1) is 17.8 Å². The highest BCUT2D eigenvalue weighted by Gasteiger charge is 2.49. The van der Waals surface area contributed by atoms with Gasteiger partial charge in [-0.2, -0.15) is 0 Å². The van der Waals surface area contributed by atoms with Crippen molar-refractivity contribution in [2.75, 3.05) is 66.1 Å². The molecule has 0 bridgehead atoms. The smallest absolute Gasteiger partial charge is 0.229 e. The zero-order valence-corrected chi connectivity index (χ0v) is 20.9. The maximum atomic E-state index is 15.2. The molecule has 0 aromatic carbocycles. The Hall–Kier alpha value is -1.48. The molecule has 36 heavy (non-hydrogen) atoms. The molecule has 5 rings (SSSR count). The van der Waals surface area contributed by atoms with Gasteiger partial charge in [0.15, 0.2) is 0 Å². The van der Waals surface area contributed by atoms with E-state index in [4.69, 9.17) is 10.5 Å². The highest BCUT2D eigenvalue weighted by molar-refractivity contribution is 5.81. The number of methoxy groups -OCH3 is 1. The van der Waals surface area contributed by atoms with Gasteiger partial charge in [0.1, 0.15) is 12.3 Å². The fourth-order valence-electron chi connectivity index (χ4n) is 6.54. The van der Waals surface area contributed by atoms with Gasteiger partial charge < -0.3 is 26.0 Å². The number of ether oxygens (including phenoxy) is 1. The number of hydrazine groups is 1. The number of nitrogens with zero attached hydrogens (tertiary/aromatic N) is 3. The number of piperidine rings is 2. The summed E-state index contributed by atoms with van der Waals surface area (Å²) in [6.07, 6.45) is -1.88. The molecule has 0 aromatic heterocycles. The second-order valence-electron chi connectivity index (χ2n) is 10.9. The van der Waals surface area contributed by atoms with Gasteiger partial charge in [-0.25, -0.2) is 19.2 Å². The molecule has 0 spiro atoms. The number of rotatable bonds is 6. The van der Waals surface area contributed by atoms with E-state index < -0.39 is 42.7 Å². The van der Waals surface area contributed by atoms with Crippen LogP contribution in [0.4, 0.5) is 8.78 Å². The van der Waals surface area contributed by atoms with Crippen LogP contribution in [-0.4, -0.2) is 129 Å². The lowest BCUT2D eigenvalue weighted by Crippen LogP contribution is -2.67. The van der Waals surface area contributed by atoms with E-state index in [2.05, 4.69) is 26.3 Å². The first kappa shape index (κ1) is 26.1. The number of nitrogens with one attached hydrogen (secondary N) is 4.